The van der Waals surface area contributed by atoms with Gasteiger partial charge in [-0.2, -0.15) is 0 Å². The van der Waals surface area contributed by atoms with Crippen molar-refractivity contribution in [1.82, 2.24) is 0 Å². The molecule has 0 amide bonds. The number of hydrogen-bond acceptors (Lipinski definition) is 6. The molecule has 0 bridgehead atoms. The first kappa shape index (κ1) is 15.2. The fourth-order valence-electron chi connectivity index (χ4n) is 1.51. The molecule has 0 aliphatic rings. The molecule has 0 saturated carbocycles. The van der Waals surface area contributed by atoms with E-state index in [0.29, 0.717) is 0 Å². The number of oxime groups is 1. The topological polar surface area (TPSA) is 122 Å². The number of ether oxygens (including phenoxy) is 1. The van der Waals surface area contributed by atoms with Gasteiger partial charge in [-0.25, -0.2) is 4.79 Å². The van der Waals surface area contributed by atoms with Crippen LogP contribution in [0.1, 0.15) is 5.56 Å². The van der Waals surface area contributed by atoms with Crippen molar-refractivity contribution >= 4 is 17.4 Å². The summed E-state index contributed by atoms with van der Waals surface area (Å²) in [7, 11) is 0. The Bertz CT molecular complexity index is 567. The summed E-state index contributed by atoms with van der Waals surface area (Å²) in [4.78, 5) is 21.1. The normalized spacial score (nSPS) is 10.9. The molecule has 0 radical (unpaired) electrons. The number of hydrogen-bond donors (Lipinski definition) is 2. The third kappa shape index (κ3) is 3.55. The maximum absolute atomic E-state index is 11.0. The molecule has 0 spiro atoms. The van der Waals surface area contributed by atoms with E-state index >= 15 is 0 Å². The minimum absolute atomic E-state index is 0.0227. The average molecular weight is 280 g/mol. The molecular weight excluding hydrogens is 268 g/mol. The second kappa shape index (κ2) is 6.88. The van der Waals surface area contributed by atoms with Gasteiger partial charge in [0, 0.05) is 12.5 Å². The third-order valence-corrected chi connectivity index (χ3v) is 2.37. The standard InChI is InChI=1S/C12H12N2O6/c1-2-6-20-11-5-3-4-10(14(18)19)8(11)7-9(13-17)12(15)16/h2-5,17H,1,6-7H2,(H,15,16)/b13-9+. The highest BCUT2D eigenvalue weighted by Gasteiger charge is 2.23. The van der Waals surface area contributed by atoms with E-state index in [4.69, 9.17) is 15.1 Å². The molecule has 0 heterocycles. The monoisotopic (exact) mass is 280 g/mol. The third-order valence-electron chi connectivity index (χ3n) is 2.37. The number of carbonyl (C=O) groups is 1. The van der Waals surface area contributed by atoms with Crippen LogP contribution in [0.5, 0.6) is 5.75 Å². The fourth-order valence-corrected chi connectivity index (χ4v) is 1.51. The summed E-state index contributed by atoms with van der Waals surface area (Å²) in [6.07, 6.45) is 1.01. The van der Waals surface area contributed by atoms with Crippen LogP contribution in [-0.4, -0.2) is 33.5 Å². The van der Waals surface area contributed by atoms with Crippen LogP contribution in [0.4, 0.5) is 5.69 Å². The molecule has 106 valence electrons. The lowest BCUT2D eigenvalue weighted by Crippen LogP contribution is -2.17. The van der Waals surface area contributed by atoms with Crippen LogP contribution in [0.25, 0.3) is 0 Å². The lowest BCUT2D eigenvalue weighted by atomic mass is 10.0. The second-order valence-corrected chi connectivity index (χ2v) is 3.64. The van der Waals surface area contributed by atoms with Crippen LogP contribution in [0.2, 0.25) is 0 Å². The van der Waals surface area contributed by atoms with Gasteiger partial charge in [-0.1, -0.05) is 23.9 Å². The second-order valence-electron chi connectivity index (χ2n) is 3.64. The zero-order valence-electron chi connectivity index (χ0n) is 10.4. The minimum atomic E-state index is -1.47. The lowest BCUT2D eigenvalue weighted by molar-refractivity contribution is -0.385. The van der Waals surface area contributed by atoms with E-state index in [1.54, 1.807) is 0 Å². The van der Waals surface area contributed by atoms with Crippen LogP contribution in [0.15, 0.2) is 36.0 Å². The maximum atomic E-state index is 11.0. The van der Waals surface area contributed by atoms with Gasteiger partial charge in [0.15, 0.2) is 5.71 Å². The molecule has 0 aliphatic carbocycles. The average Bonchev–Trinajstić information content (AvgIpc) is 2.42. The molecule has 0 unspecified atom stereocenters. The zero-order valence-corrected chi connectivity index (χ0v) is 10.4. The Morgan fingerprint density at radius 1 is 1.55 bits per heavy atom. The summed E-state index contributed by atoms with van der Waals surface area (Å²) in [6, 6.07) is 4.09. The van der Waals surface area contributed by atoms with E-state index in [9.17, 15) is 14.9 Å². The number of nitrogens with zero attached hydrogens (tertiary/aromatic N) is 2. The molecule has 20 heavy (non-hydrogen) atoms. The van der Waals surface area contributed by atoms with Crippen molar-refractivity contribution in [3.8, 4) is 5.75 Å². The van der Waals surface area contributed by atoms with Gasteiger partial charge in [0.25, 0.3) is 5.69 Å². The highest BCUT2D eigenvalue weighted by Crippen LogP contribution is 2.29. The Balaban J connectivity index is 3.27. The molecule has 0 atom stereocenters. The van der Waals surface area contributed by atoms with E-state index < -0.39 is 23.0 Å². The Hall–Kier alpha value is -2.90. The van der Waals surface area contributed by atoms with Crippen LogP contribution >= 0.6 is 0 Å². The van der Waals surface area contributed by atoms with E-state index in [0.717, 1.165) is 0 Å². The number of rotatable bonds is 7. The van der Waals surface area contributed by atoms with Gasteiger partial charge in [-0.15, -0.1) is 0 Å². The predicted molar refractivity (Wildman–Crippen MR) is 69.3 cm³/mol. The first-order valence-electron chi connectivity index (χ1n) is 5.45. The molecule has 8 heteroatoms. The highest BCUT2D eigenvalue weighted by molar-refractivity contribution is 6.36. The largest absolute Gasteiger partial charge is 0.489 e. The molecule has 2 N–H and O–H groups in total. The summed E-state index contributed by atoms with van der Waals surface area (Å²) >= 11 is 0. The maximum Gasteiger partial charge on any atom is 0.354 e. The number of nitro benzene ring substituents is 1. The summed E-state index contributed by atoms with van der Waals surface area (Å²) in [5.41, 5.74) is -0.911. The number of carboxylic acids is 1. The Morgan fingerprint density at radius 3 is 2.75 bits per heavy atom. The first-order valence-corrected chi connectivity index (χ1v) is 5.45. The Labute approximate surface area is 113 Å². The van der Waals surface area contributed by atoms with Gasteiger partial charge in [0.2, 0.25) is 0 Å². The van der Waals surface area contributed by atoms with Gasteiger partial charge in [0.1, 0.15) is 12.4 Å². The van der Waals surface area contributed by atoms with Gasteiger partial charge < -0.3 is 15.1 Å². The molecule has 1 rings (SSSR count). The fraction of sp³-hybridized carbons (Fsp3) is 0.167. The smallest absolute Gasteiger partial charge is 0.354 e. The summed E-state index contributed by atoms with van der Waals surface area (Å²) in [6.45, 7) is 3.56. The number of nitro groups is 1. The van der Waals surface area contributed by atoms with E-state index in [2.05, 4.69) is 11.7 Å². The van der Waals surface area contributed by atoms with Gasteiger partial charge in [-0.05, 0) is 6.07 Å². The summed E-state index contributed by atoms with van der Waals surface area (Å²) in [5, 5.41) is 31.0. The lowest BCUT2D eigenvalue weighted by Gasteiger charge is -2.10. The van der Waals surface area contributed by atoms with E-state index in [1.807, 2.05) is 0 Å². The Morgan fingerprint density at radius 2 is 2.25 bits per heavy atom. The SMILES string of the molecule is C=CCOc1cccc([N+](=O)[O-])c1C/C(=N\O)C(=O)O. The predicted octanol–water partition coefficient (Wildman–Crippen LogP) is 1.62. The van der Waals surface area contributed by atoms with Gasteiger partial charge in [0.05, 0.1) is 10.5 Å². The Kier molecular flexibility index (Phi) is 5.21. The van der Waals surface area contributed by atoms with Crippen molar-refractivity contribution in [1.29, 1.82) is 0 Å². The number of benzene rings is 1. The molecule has 0 aliphatic heterocycles. The van der Waals surface area contributed by atoms with E-state index in [1.165, 1.54) is 24.3 Å². The molecule has 0 aromatic heterocycles. The number of aliphatic carboxylic acids is 1. The summed E-state index contributed by atoms with van der Waals surface area (Å²) in [5.74, 6) is -1.33. The molecular formula is C12H12N2O6. The van der Waals surface area contributed by atoms with Crippen molar-refractivity contribution < 1.29 is 24.8 Å². The van der Waals surface area contributed by atoms with Crippen molar-refractivity contribution in [2.24, 2.45) is 5.16 Å². The van der Waals surface area contributed by atoms with Crippen LogP contribution < -0.4 is 4.74 Å². The van der Waals surface area contributed by atoms with Crippen LogP contribution in [0.3, 0.4) is 0 Å². The molecule has 8 nitrogen and oxygen atoms in total. The first-order chi connectivity index (χ1) is 9.51. The van der Waals surface area contributed by atoms with Gasteiger partial charge in [-0.3, -0.25) is 10.1 Å². The summed E-state index contributed by atoms with van der Waals surface area (Å²) < 4.78 is 5.25. The quantitative estimate of drug-likeness (QED) is 0.257. The highest BCUT2D eigenvalue weighted by atomic mass is 16.6. The van der Waals surface area contributed by atoms with Crippen molar-refractivity contribution in [3.05, 3.63) is 46.5 Å². The molecule has 0 fully saturated rings. The van der Waals surface area contributed by atoms with Crippen LogP contribution in [-0.2, 0) is 11.2 Å². The van der Waals surface area contributed by atoms with Crippen molar-refractivity contribution in [3.63, 3.8) is 0 Å². The van der Waals surface area contributed by atoms with Crippen LogP contribution in [0, 0.1) is 10.1 Å². The van der Waals surface area contributed by atoms with E-state index in [-0.39, 0.29) is 23.6 Å². The minimum Gasteiger partial charge on any atom is -0.489 e. The molecule has 1 aromatic rings. The number of carboxylic acid groups (broad SMARTS) is 1. The van der Waals surface area contributed by atoms with Crippen molar-refractivity contribution in [2.75, 3.05) is 6.61 Å². The zero-order chi connectivity index (χ0) is 15.1. The molecule has 1 aromatic carbocycles. The van der Waals surface area contributed by atoms with Crippen molar-refractivity contribution in [2.45, 2.75) is 6.42 Å². The van der Waals surface area contributed by atoms with Gasteiger partial charge >= 0.3 is 5.97 Å². The molecule has 0 saturated heterocycles.